The second-order valence-electron chi connectivity index (χ2n) is 13.6. The zero-order valence-electron chi connectivity index (χ0n) is 29.8. The van der Waals surface area contributed by atoms with Crippen molar-refractivity contribution in [2.75, 3.05) is 0 Å². The van der Waals surface area contributed by atoms with E-state index in [0.29, 0.717) is 78.3 Å². The molecule has 1 aliphatic carbocycles. The van der Waals surface area contributed by atoms with E-state index in [9.17, 15) is 40.0 Å². The Hall–Kier alpha value is -7.34. The van der Waals surface area contributed by atoms with E-state index in [0.717, 1.165) is 12.6 Å². The molecule has 0 aliphatic heterocycles. The largest absolute Gasteiger partial charge is 0.507 e. The molecule has 0 spiro atoms. The molecule has 7 rings (SSSR count). The first kappa shape index (κ1) is 37.0. The molecule has 12 heteroatoms. The van der Waals surface area contributed by atoms with Crippen molar-refractivity contribution in [3.8, 4) is 23.0 Å². The molecule has 56 heavy (non-hydrogen) atoms. The normalized spacial score (nSPS) is 12.0. The first-order valence-corrected chi connectivity index (χ1v) is 17.6. The van der Waals surface area contributed by atoms with Crippen molar-refractivity contribution in [3.63, 3.8) is 0 Å². The average molecular weight is 751 g/mol. The number of phenols is 2. The van der Waals surface area contributed by atoms with Gasteiger partial charge in [-0.1, -0.05) is 36.4 Å². The minimum Gasteiger partial charge on any atom is -0.507 e. The number of nitro benzene ring substituents is 2. The minimum absolute atomic E-state index is 0.0142. The number of benzene rings is 6. The van der Waals surface area contributed by atoms with Gasteiger partial charge in [-0.15, -0.1) is 0 Å². The molecule has 6 aromatic rings. The smallest absolute Gasteiger partial charge is 0.269 e. The number of hydrogen-bond donors (Lipinski definition) is 2. The summed E-state index contributed by atoms with van der Waals surface area (Å²) < 4.78 is 12.9. The van der Waals surface area contributed by atoms with Crippen LogP contribution in [-0.4, -0.2) is 32.6 Å². The number of carbonyl (C=O) groups excluding carboxylic acids is 2. The molecule has 280 valence electrons. The minimum atomic E-state index is -0.480. The monoisotopic (exact) mass is 750 g/mol. The van der Waals surface area contributed by atoms with Crippen LogP contribution >= 0.6 is 0 Å². The van der Waals surface area contributed by atoms with Gasteiger partial charge in [0.1, 0.15) is 48.8 Å². The van der Waals surface area contributed by atoms with E-state index >= 15 is 0 Å². The van der Waals surface area contributed by atoms with Crippen molar-refractivity contribution >= 4 is 23.9 Å². The lowest BCUT2D eigenvalue weighted by atomic mass is 9.90. The molecule has 0 heterocycles. The maximum Gasteiger partial charge on any atom is 0.269 e. The lowest BCUT2D eigenvalue weighted by molar-refractivity contribution is -0.385. The van der Waals surface area contributed by atoms with Gasteiger partial charge in [-0.3, -0.25) is 29.8 Å². The molecule has 0 amide bonds. The predicted octanol–water partition coefficient (Wildman–Crippen LogP) is 8.37. The fraction of sp³-hybridized carbons (Fsp3) is 0.136. The van der Waals surface area contributed by atoms with Crippen LogP contribution in [0.5, 0.6) is 23.0 Å². The summed E-state index contributed by atoms with van der Waals surface area (Å²) in [5, 5.41) is 46.1. The average Bonchev–Trinajstić information content (AvgIpc) is 3.20. The van der Waals surface area contributed by atoms with Gasteiger partial charge in [0.05, 0.1) is 9.85 Å². The van der Waals surface area contributed by atoms with Crippen molar-refractivity contribution in [1.82, 2.24) is 0 Å². The van der Waals surface area contributed by atoms with Crippen molar-refractivity contribution in [3.05, 3.63) is 196 Å². The Bertz CT molecular complexity index is 2230. The zero-order valence-corrected chi connectivity index (χ0v) is 29.8. The first-order chi connectivity index (χ1) is 27.1. The molecule has 0 saturated carbocycles. The number of nitrogens with zero attached hydrogens (tertiary/aromatic N) is 2. The Balaban J connectivity index is 1.36. The molecule has 0 atom stereocenters. The van der Waals surface area contributed by atoms with Gasteiger partial charge in [-0.05, 0) is 104 Å². The summed E-state index contributed by atoms with van der Waals surface area (Å²) in [6.45, 7) is 0.104. The summed E-state index contributed by atoms with van der Waals surface area (Å²) >= 11 is 0. The van der Waals surface area contributed by atoms with Gasteiger partial charge in [0, 0.05) is 61.1 Å². The summed E-state index contributed by atoms with van der Waals surface area (Å²) in [7, 11) is 0. The number of phenolic OH excluding ortho intramolecular Hbond substituents is 2. The van der Waals surface area contributed by atoms with Crippen LogP contribution in [0.1, 0.15) is 76.4 Å². The fourth-order valence-corrected chi connectivity index (χ4v) is 7.01. The van der Waals surface area contributed by atoms with Gasteiger partial charge in [-0.2, -0.15) is 0 Å². The highest BCUT2D eigenvalue weighted by Crippen LogP contribution is 2.39. The van der Waals surface area contributed by atoms with Crippen LogP contribution in [0, 0.1) is 20.2 Å². The lowest BCUT2D eigenvalue weighted by Gasteiger charge is -2.21. The molecule has 8 bridgehead atoms. The van der Waals surface area contributed by atoms with E-state index in [4.69, 9.17) is 9.47 Å². The molecule has 1 aliphatic rings. The van der Waals surface area contributed by atoms with E-state index < -0.39 is 9.85 Å². The Morgan fingerprint density at radius 1 is 0.500 bits per heavy atom. The number of aldehydes is 2. The third-order valence-corrected chi connectivity index (χ3v) is 9.79. The third-order valence-electron chi connectivity index (χ3n) is 9.79. The Morgan fingerprint density at radius 2 is 0.804 bits per heavy atom. The van der Waals surface area contributed by atoms with Crippen LogP contribution < -0.4 is 9.47 Å². The SMILES string of the molecule is O=Cc1cc2c(O)c(c1)Cc1cccc(c1OCc1ccc([N+](=O)[O-])cc1)Cc1cc(C=O)cc(c1O)Cc1cccc(c1OCc1ccc([N+](=O)[O-])cc1)C2. The van der Waals surface area contributed by atoms with Crippen molar-refractivity contribution in [1.29, 1.82) is 0 Å². The number of fused-ring (bicyclic) bond motifs is 8. The molecule has 6 aromatic carbocycles. The predicted molar refractivity (Wildman–Crippen MR) is 206 cm³/mol. The molecule has 0 fully saturated rings. The topological polar surface area (TPSA) is 179 Å². The maximum atomic E-state index is 12.3. The van der Waals surface area contributed by atoms with E-state index in [1.807, 2.05) is 36.4 Å². The Labute approximate surface area is 320 Å². The summed E-state index contributed by atoms with van der Waals surface area (Å²) in [6.07, 6.45) is 2.04. The lowest BCUT2D eigenvalue weighted by Crippen LogP contribution is -2.07. The highest BCUT2D eigenvalue weighted by molar-refractivity contribution is 5.78. The summed E-state index contributed by atoms with van der Waals surface area (Å²) in [5.74, 6) is 0.888. The van der Waals surface area contributed by atoms with Gasteiger partial charge >= 0.3 is 0 Å². The van der Waals surface area contributed by atoms with Gasteiger partial charge in [0.15, 0.2) is 0 Å². The number of para-hydroxylation sites is 2. The second-order valence-corrected chi connectivity index (χ2v) is 13.6. The van der Waals surface area contributed by atoms with Gasteiger partial charge in [-0.25, -0.2) is 0 Å². The van der Waals surface area contributed by atoms with Crippen LogP contribution in [0.25, 0.3) is 0 Å². The number of hydrogen-bond acceptors (Lipinski definition) is 10. The van der Waals surface area contributed by atoms with Crippen molar-refractivity contribution < 1.29 is 39.1 Å². The summed E-state index contributed by atoms with van der Waals surface area (Å²) in [6, 6.07) is 29.5. The van der Waals surface area contributed by atoms with E-state index in [2.05, 4.69) is 0 Å². The molecule has 2 N–H and O–H groups in total. The van der Waals surface area contributed by atoms with Gasteiger partial charge < -0.3 is 19.7 Å². The number of rotatable bonds is 10. The molecular formula is C44H34N2O10. The highest BCUT2D eigenvalue weighted by atomic mass is 16.6. The maximum absolute atomic E-state index is 12.3. The van der Waals surface area contributed by atoms with E-state index in [-0.39, 0.29) is 61.8 Å². The molecule has 0 aromatic heterocycles. The molecule has 0 radical (unpaired) electrons. The summed E-state index contributed by atoms with van der Waals surface area (Å²) in [4.78, 5) is 46.0. The van der Waals surface area contributed by atoms with E-state index in [1.165, 1.54) is 24.3 Å². The van der Waals surface area contributed by atoms with Crippen LogP contribution in [0.4, 0.5) is 11.4 Å². The number of ether oxygens (including phenoxy) is 2. The van der Waals surface area contributed by atoms with Gasteiger partial charge in [0.25, 0.3) is 11.4 Å². The number of non-ortho nitro benzene ring substituents is 2. The summed E-state index contributed by atoms with van der Waals surface area (Å²) in [5.41, 5.74) is 6.47. The molecular weight excluding hydrogens is 716 g/mol. The molecule has 12 nitrogen and oxygen atoms in total. The zero-order chi connectivity index (χ0) is 39.3. The Morgan fingerprint density at radius 3 is 1.07 bits per heavy atom. The van der Waals surface area contributed by atoms with Crippen LogP contribution in [-0.2, 0) is 38.9 Å². The molecule has 0 unspecified atom stereocenters. The highest BCUT2D eigenvalue weighted by Gasteiger charge is 2.22. The van der Waals surface area contributed by atoms with Crippen LogP contribution in [0.3, 0.4) is 0 Å². The van der Waals surface area contributed by atoms with Gasteiger partial charge in [0.2, 0.25) is 0 Å². The second kappa shape index (κ2) is 15.9. The van der Waals surface area contributed by atoms with Crippen molar-refractivity contribution in [2.24, 2.45) is 0 Å². The van der Waals surface area contributed by atoms with E-state index in [1.54, 1.807) is 48.5 Å². The Kier molecular flexibility index (Phi) is 10.5. The number of carbonyl (C=O) groups is 2. The van der Waals surface area contributed by atoms with Crippen LogP contribution in [0.15, 0.2) is 109 Å². The van der Waals surface area contributed by atoms with Crippen molar-refractivity contribution in [2.45, 2.75) is 38.9 Å². The number of aromatic hydroxyl groups is 2. The standard InChI is InChI=1S/C44H34N2O10/c47-23-29-15-35-19-31-3-1-4-32(43(31)55-25-27-7-11-39(12-8-27)45(51)52)20-36-16-30(24-48)18-38(42(36)50)22-34-6-2-5-33(21-37(17-29)41(35)49)44(34)56-26-28-9-13-40(14-10-28)46(53)54/h1-18,23-24,49-50H,19-22,25-26H2. The fourth-order valence-electron chi connectivity index (χ4n) is 7.01. The van der Waals surface area contributed by atoms with Crippen LogP contribution in [0.2, 0.25) is 0 Å². The number of nitro groups is 2. The molecule has 0 saturated heterocycles. The quantitative estimate of drug-likeness (QED) is 0.0783. The first-order valence-electron chi connectivity index (χ1n) is 17.6. The third kappa shape index (κ3) is 7.94.